The van der Waals surface area contributed by atoms with Crippen molar-refractivity contribution < 1.29 is 32.3 Å². The molecule has 0 bridgehead atoms. The molecule has 2 aromatic rings. The number of hydrogen-bond donors (Lipinski definition) is 1. The summed E-state index contributed by atoms with van der Waals surface area (Å²) >= 11 is 0. The third-order valence-electron chi connectivity index (χ3n) is 5.65. The van der Waals surface area contributed by atoms with Gasteiger partial charge in [0.2, 0.25) is 10.0 Å². The SMILES string of the molecule is COC(=O)CCc1c(CCO[N+](=O)[O-])ccc2c1CCC(NS(=O)(=O)c1ccc(F)cc1)C2. The number of halogens is 1. The second-order valence-electron chi connectivity index (χ2n) is 7.74. The molecule has 0 amide bonds. The molecule has 1 N–H and O–H groups in total. The number of rotatable bonds is 10. The number of nitrogens with zero attached hydrogens (tertiary/aromatic N) is 1. The van der Waals surface area contributed by atoms with Gasteiger partial charge in [0, 0.05) is 12.5 Å². The maximum absolute atomic E-state index is 13.1. The molecule has 3 rings (SSSR count). The highest BCUT2D eigenvalue weighted by atomic mass is 32.2. The van der Waals surface area contributed by atoms with Gasteiger partial charge in [0.25, 0.3) is 5.09 Å². The Morgan fingerprint density at radius 2 is 1.94 bits per heavy atom. The molecule has 1 atom stereocenters. The minimum Gasteiger partial charge on any atom is -0.469 e. The van der Waals surface area contributed by atoms with Gasteiger partial charge in [-0.05, 0) is 78.6 Å². The molecule has 1 unspecified atom stereocenters. The third kappa shape index (κ3) is 6.48. The molecule has 33 heavy (non-hydrogen) atoms. The number of fused-ring (bicyclic) bond motifs is 1. The Labute approximate surface area is 191 Å². The minimum absolute atomic E-state index is 0.00500. The van der Waals surface area contributed by atoms with Gasteiger partial charge in [-0.3, -0.25) is 4.79 Å². The van der Waals surface area contributed by atoms with E-state index in [9.17, 15) is 27.7 Å². The van der Waals surface area contributed by atoms with Crippen LogP contribution in [-0.2, 0) is 50.1 Å². The van der Waals surface area contributed by atoms with E-state index in [0.717, 1.165) is 34.4 Å². The van der Waals surface area contributed by atoms with E-state index in [1.807, 2.05) is 12.1 Å². The molecule has 2 aromatic carbocycles. The van der Waals surface area contributed by atoms with Crippen molar-refractivity contribution in [3.8, 4) is 0 Å². The number of sulfonamides is 1. The van der Waals surface area contributed by atoms with Crippen molar-refractivity contribution >= 4 is 16.0 Å². The fourth-order valence-electron chi connectivity index (χ4n) is 4.09. The summed E-state index contributed by atoms with van der Waals surface area (Å²) in [6, 6.07) is 8.02. The molecule has 178 valence electrons. The summed E-state index contributed by atoms with van der Waals surface area (Å²) in [5.41, 5.74) is 3.75. The summed E-state index contributed by atoms with van der Waals surface area (Å²) in [4.78, 5) is 26.6. The van der Waals surface area contributed by atoms with Crippen LogP contribution in [0.4, 0.5) is 4.39 Å². The number of hydrogen-bond acceptors (Lipinski definition) is 7. The van der Waals surface area contributed by atoms with E-state index in [4.69, 9.17) is 4.74 Å². The van der Waals surface area contributed by atoms with Gasteiger partial charge in [-0.25, -0.2) is 17.5 Å². The van der Waals surface area contributed by atoms with Gasteiger partial charge < -0.3 is 9.57 Å². The van der Waals surface area contributed by atoms with Gasteiger partial charge in [0.05, 0.1) is 12.0 Å². The van der Waals surface area contributed by atoms with E-state index >= 15 is 0 Å². The number of ether oxygens (including phenoxy) is 1. The highest BCUT2D eigenvalue weighted by Crippen LogP contribution is 2.29. The lowest BCUT2D eigenvalue weighted by molar-refractivity contribution is -0.757. The van der Waals surface area contributed by atoms with Crippen LogP contribution in [-0.4, -0.2) is 39.2 Å². The lowest BCUT2D eigenvalue weighted by Gasteiger charge is -2.28. The Hall–Kier alpha value is -3.05. The molecule has 0 saturated carbocycles. The summed E-state index contributed by atoms with van der Waals surface area (Å²) < 4.78 is 45.9. The monoisotopic (exact) mass is 480 g/mol. The number of benzene rings is 2. The molecule has 11 heteroatoms. The van der Waals surface area contributed by atoms with Crippen LogP contribution in [0.1, 0.15) is 35.1 Å². The lowest BCUT2D eigenvalue weighted by atomic mass is 9.82. The molecular formula is C22H25FN2O7S. The highest BCUT2D eigenvalue weighted by molar-refractivity contribution is 7.89. The Bertz CT molecular complexity index is 1120. The molecule has 0 fully saturated rings. The van der Waals surface area contributed by atoms with Gasteiger partial charge in [-0.1, -0.05) is 12.1 Å². The second kappa shape index (κ2) is 10.7. The number of methoxy groups -OCH3 is 1. The minimum atomic E-state index is -3.80. The van der Waals surface area contributed by atoms with Crippen LogP contribution in [0.3, 0.4) is 0 Å². The van der Waals surface area contributed by atoms with Crippen LogP contribution in [0.2, 0.25) is 0 Å². The van der Waals surface area contributed by atoms with Crippen molar-refractivity contribution in [2.24, 2.45) is 0 Å². The maximum atomic E-state index is 13.1. The van der Waals surface area contributed by atoms with Crippen LogP contribution in [0.15, 0.2) is 41.3 Å². The fourth-order valence-corrected chi connectivity index (χ4v) is 5.36. The summed E-state index contributed by atoms with van der Waals surface area (Å²) in [6.07, 6.45) is 2.45. The topological polar surface area (TPSA) is 125 Å². The molecule has 0 radical (unpaired) electrons. The predicted octanol–water partition coefficient (Wildman–Crippen LogP) is 2.52. The van der Waals surface area contributed by atoms with Crippen LogP contribution in [0.25, 0.3) is 0 Å². The number of carbonyl (C=O) groups is 1. The molecular weight excluding hydrogens is 455 g/mol. The van der Waals surface area contributed by atoms with E-state index in [1.54, 1.807) is 0 Å². The van der Waals surface area contributed by atoms with E-state index < -0.39 is 20.9 Å². The first-order chi connectivity index (χ1) is 15.7. The van der Waals surface area contributed by atoms with Crippen LogP contribution < -0.4 is 4.72 Å². The van der Waals surface area contributed by atoms with Gasteiger partial charge in [0.1, 0.15) is 12.4 Å². The molecule has 0 saturated heterocycles. The first-order valence-electron chi connectivity index (χ1n) is 10.4. The first-order valence-corrected chi connectivity index (χ1v) is 11.9. The summed E-state index contributed by atoms with van der Waals surface area (Å²) in [7, 11) is -2.49. The predicted molar refractivity (Wildman–Crippen MR) is 116 cm³/mol. The quantitative estimate of drug-likeness (QED) is 0.315. The normalized spacial score (nSPS) is 15.5. The van der Waals surface area contributed by atoms with E-state index in [2.05, 4.69) is 9.56 Å². The van der Waals surface area contributed by atoms with E-state index in [1.165, 1.54) is 19.2 Å². The molecule has 0 spiro atoms. The zero-order valence-corrected chi connectivity index (χ0v) is 18.9. The van der Waals surface area contributed by atoms with Crippen molar-refractivity contribution in [3.63, 3.8) is 0 Å². The first kappa shape index (κ1) is 24.6. The van der Waals surface area contributed by atoms with Gasteiger partial charge >= 0.3 is 5.97 Å². The lowest BCUT2D eigenvalue weighted by Crippen LogP contribution is -2.39. The van der Waals surface area contributed by atoms with E-state index in [-0.39, 0.29) is 29.9 Å². The Balaban J connectivity index is 1.79. The standard InChI is InChI=1S/C22H25FN2O7S/c1-31-22(26)11-10-20-15(12-13-32-25(27)28)2-3-16-14-18(6-9-21(16)20)24-33(29,30)19-7-4-17(23)5-8-19/h2-5,7-8,18,24H,6,9-14H2,1H3. The van der Waals surface area contributed by atoms with Crippen molar-refractivity contribution in [2.75, 3.05) is 13.7 Å². The highest BCUT2D eigenvalue weighted by Gasteiger charge is 2.27. The van der Waals surface area contributed by atoms with Crippen molar-refractivity contribution in [3.05, 3.63) is 74.6 Å². The van der Waals surface area contributed by atoms with Gasteiger partial charge in [0.15, 0.2) is 0 Å². The Morgan fingerprint density at radius 3 is 2.61 bits per heavy atom. The van der Waals surface area contributed by atoms with Gasteiger partial charge in [-0.15, -0.1) is 10.1 Å². The fraction of sp³-hybridized carbons (Fsp3) is 0.409. The largest absolute Gasteiger partial charge is 0.469 e. The Kier molecular flexibility index (Phi) is 7.98. The number of carbonyl (C=O) groups excluding carboxylic acids is 1. The maximum Gasteiger partial charge on any atom is 0.305 e. The molecule has 0 aliphatic heterocycles. The zero-order chi connectivity index (χ0) is 24.0. The van der Waals surface area contributed by atoms with Gasteiger partial charge in [-0.2, -0.15) is 0 Å². The smallest absolute Gasteiger partial charge is 0.305 e. The summed E-state index contributed by atoms with van der Waals surface area (Å²) in [5.74, 6) is -0.875. The molecule has 9 nitrogen and oxygen atoms in total. The molecule has 0 aromatic heterocycles. The third-order valence-corrected chi connectivity index (χ3v) is 7.19. The van der Waals surface area contributed by atoms with Crippen LogP contribution >= 0.6 is 0 Å². The van der Waals surface area contributed by atoms with Crippen molar-refractivity contribution in [1.82, 2.24) is 4.72 Å². The van der Waals surface area contributed by atoms with Crippen LogP contribution in [0, 0.1) is 15.9 Å². The molecule has 0 heterocycles. The van der Waals surface area contributed by atoms with E-state index in [0.29, 0.717) is 32.1 Å². The van der Waals surface area contributed by atoms with Crippen LogP contribution in [0.5, 0.6) is 0 Å². The number of nitrogens with one attached hydrogen (secondary N) is 1. The second-order valence-corrected chi connectivity index (χ2v) is 9.45. The Morgan fingerprint density at radius 1 is 1.21 bits per heavy atom. The van der Waals surface area contributed by atoms with Crippen molar-refractivity contribution in [1.29, 1.82) is 0 Å². The molecule has 1 aliphatic carbocycles. The van der Waals surface area contributed by atoms with Crippen molar-refractivity contribution in [2.45, 2.75) is 49.5 Å². The summed E-state index contributed by atoms with van der Waals surface area (Å²) in [6.45, 7) is -0.100. The average molecular weight is 481 g/mol. The summed E-state index contributed by atoms with van der Waals surface area (Å²) in [5, 5.41) is 9.63. The average Bonchev–Trinajstić information content (AvgIpc) is 2.77. The number of esters is 1. The zero-order valence-electron chi connectivity index (χ0n) is 18.1. The molecule has 1 aliphatic rings.